The van der Waals surface area contributed by atoms with Crippen molar-refractivity contribution in [2.45, 2.75) is 32.6 Å². The van der Waals surface area contributed by atoms with Crippen molar-refractivity contribution in [1.29, 1.82) is 0 Å². The highest BCUT2D eigenvalue weighted by Crippen LogP contribution is 2.33. The molecule has 5 heteroatoms. The van der Waals surface area contributed by atoms with Crippen LogP contribution in [0, 0.1) is 18.8 Å². The van der Waals surface area contributed by atoms with E-state index in [1.807, 2.05) is 6.20 Å². The maximum absolute atomic E-state index is 4.51. The number of anilines is 1. The Kier molecular flexibility index (Phi) is 4.99. The molecule has 0 spiro atoms. The number of nitrogens with zero attached hydrogens (tertiary/aromatic N) is 5. The van der Waals surface area contributed by atoms with E-state index in [0.717, 1.165) is 17.7 Å². The number of aryl methyl sites for hydroxylation is 1. The van der Waals surface area contributed by atoms with E-state index in [9.17, 15) is 0 Å². The Hall–Kier alpha value is -1.20. The van der Waals surface area contributed by atoms with E-state index >= 15 is 0 Å². The molecule has 2 atom stereocenters. The molecule has 4 rings (SSSR count). The van der Waals surface area contributed by atoms with E-state index in [0.29, 0.717) is 0 Å². The van der Waals surface area contributed by atoms with Crippen LogP contribution in [0.2, 0.25) is 0 Å². The summed E-state index contributed by atoms with van der Waals surface area (Å²) in [6.07, 6.45) is 9.29. The van der Waals surface area contributed by atoms with Gasteiger partial charge in [0.05, 0.1) is 0 Å². The van der Waals surface area contributed by atoms with E-state index in [1.165, 1.54) is 83.6 Å². The molecule has 0 radical (unpaired) electrons. The summed E-state index contributed by atoms with van der Waals surface area (Å²) in [4.78, 5) is 16.5. The van der Waals surface area contributed by atoms with Gasteiger partial charge in [-0.3, -0.25) is 0 Å². The van der Waals surface area contributed by atoms with E-state index < -0.39 is 0 Å². The third kappa shape index (κ3) is 3.57. The highest BCUT2D eigenvalue weighted by atomic mass is 15.3. The fraction of sp³-hybridized carbons (Fsp3) is 0.789. The topological polar surface area (TPSA) is 35.5 Å². The van der Waals surface area contributed by atoms with Crippen LogP contribution in [0.25, 0.3) is 0 Å². The van der Waals surface area contributed by atoms with Crippen molar-refractivity contribution in [1.82, 2.24) is 19.8 Å². The molecule has 0 bridgehead atoms. The van der Waals surface area contributed by atoms with Gasteiger partial charge in [-0.1, -0.05) is 12.8 Å². The zero-order valence-electron chi connectivity index (χ0n) is 15.0. The number of rotatable bonds is 4. The monoisotopic (exact) mass is 329 g/mol. The van der Waals surface area contributed by atoms with E-state index in [2.05, 4.69) is 31.6 Å². The van der Waals surface area contributed by atoms with Crippen molar-refractivity contribution in [2.24, 2.45) is 11.8 Å². The second kappa shape index (κ2) is 7.36. The summed E-state index contributed by atoms with van der Waals surface area (Å²) in [5.74, 6) is 2.79. The predicted octanol–water partition coefficient (Wildman–Crippen LogP) is 2.03. The molecule has 0 aromatic carbocycles. The Morgan fingerprint density at radius 1 is 0.917 bits per heavy atom. The van der Waals surface area contributed by atoms with Crippen LogP contribution in [0.1, 0.15) is 31.2 Å². The Bertz CT molecular complexity index is 526. The van der Waals surface area contributed by atoms with Crippen molar-refractivity contribution < 1.29 is 0 Å². The van der Waals surface area contributed by atoms with Crippen LogP contribution in [-0.4, -0.2) is 72.1 Å². The first-order chi connectivity index (χ1) is 11.8. The average molecular weight is 329 g/mol. The summed E-state index contributed by atoms with van der Waals surface area (Å²) < 4.78 is 0. The minimum atomic E-state index is 0.823. The second-order valence-electron chi connectivity index (χ2n) is 7.97. The molecule has 0 aliphatic carbocycles. The van der Waals surface area contributed by atoms with Gasteiger partial charge in [-0.05, 0) is 44.7 Å². The third-order valence-electron chi connectivity index (χ3n) is 6.16. The highest BCUT2D eigenvalue weighted by Gasteiger charge is 2.40. The first kappa shape index (κ1) is 16.3. The number of aromatic nitrogens is 2. The lowest BCUT2D eigenvalue weighted by Crippen LogP contribution is -2.36. The van der Waals surface area contributed by atoms with Gasteiger partial charge in [0.2, 0.25) is 0 Å². The Balaban J connectivity index is 1.26. The highest BCUT2D eigenvalue weighted by molar-refractivity contribution is 5.46. The summed E-state index contributed by atoms with van der Waals surface area (Å²) in [6.45, 7) is 12.2. The summed E-state index contributed by atoms with van der Waals surface area (Å²) >= 11 is 0. The first-order valence-corrected chi connectivity index (χ1v) is 9.76. The molecular weight excluding hydrogens is 298 g/mol. The van der Waals surface area contributed by atoms with E-state index in [-0.39, 0.29) is 0 Å². The summed E-state index contributed by atoms with van der Waals surface area (Å²) in [5, 5.41) is 0. The summed E-state index contributed by atoms with van der Waals surface area (Å²) in [7, 11) is 0. The zero-order valence-corrected chi connectivity index (χ0v) is 15.0. The number of fused-ring (bicyclic) bond motifs is 1. The van der Waals surface area contributed by atoms with Gasteiger partial charge in [-0.25, -0.2) is 9.97 Å². The average Bonchev–Trinajstić information content (AvgIpc) is 3.02. The lowest BCUT2D eigenvalue weighted by atomic mass is 10.0. The van der Waals surface area contributed by atoms with Crippen LogP contribution >= 0.6 is 0 Å². The van der Waals surface area contributed by atoms with Gasteiger partial charge in [-0.2, -0.15) is 0 Å². The molecule has 5 nitrogen and oxygen atoms in total. The lowest BCUT2D eigenvalue weighted by molar-refractivity contribution is 0.224. The van der Waals surface area contributed by atoms with Crippen LogP contribution in [0.15, 0.2) is 12.5 Å². The molecule has 24 heavy (non-hydrogen) atoms. The van der Waals surface area contributed by atoms with Crippen molar-refractivity contribution >= 4 is 5.82 Å². The SMILES string of the molecule is Cc1cncnc1N1CC2CN(CCN3CCCCCC3)CC2C1. The van der Waals surface area contributed by atoms with Crippen LogP contribution in [0.3, 0.4) is 0 Å². The minimum Gasteiger partial charge on any atom is -0.356 e. The van der Waals surface area contributed by atoms with Crippen LogP contribution in [0.4, 0.5) is 5.82 Å². The quantitative estimate of drug-likeness (QED) is 0.845. The molecule has 0 amide bonds. The minimum absolute atomic E-state index is 0.823. The lowest BCUT2D eigenvalue weighted by Gasteiger charge is -2.26. The van der Waals surface area contributed by atoms with Gasteiger partial charge in [-0.15, -0.1) is 0 Å². The van der Waals surface area contributed by atoms with Gasteiger partial charge in [0.1, 0.15) is 12.1 Å². The maximum Gasteiger partial charge on any atom is 0.134 e. The van der Waals surface area contributed by atoms with Gasteiger partial charge < -0.3 is 14.7 Å². The van der Waals surface area contributed by atoms with Crippen molar-refractivity contribution in [3.63, 3.8) is 0 Å². The van der Waals surface area contributed by atoms with Crippen molar-refractivity contribution in [2.75, 3.05) is 57.3 Å². The fourth-order valence-corrected chi connectivity index (χ4v) is 4.81. The summed E-state index contributed by atoms with van der Waals surface area (Å²) in [6, 6.07) is 0. The van der Waals surface area contributed by atoms with E-state index in [4.69, 9.17) is 0 Å². The van der Waals surface area contributed by atoms with Crippen molar-refractivity contribution in [3.05, 3.63) is 18.1 Å². The molecular formula is C19H31N5. The third-order valence-corrected chi connectivity index (χ3v) is 6.16. The smallest absolute Gasteiger partial charge is 0.134 e. The Morgan fingerprint density at radius 2 is 1.58 bits per heavy atom. The van der Waals surface area contributed by atoms with Crippen LogP contribution in [0.5, 0.6) is 0 Å². The largest absolute Gasteiger partial charge is 0.356 e. The van der Waals surface area contributed by atoms with Gasteiger partial charge in [0.25, 0.3) is 0 Å². The molecule has 1 aromatic rings. The molecule has 3 fully saturated rings. The molecule has 3 aliphatic heterocycles. The Morgan fingerprint density at radius 3 is 2.25 bits per heavy atom. The summed E-state index contributed by atoms with van der Waals surface area (Å²) in [5.41, 5.74) is 1.20. The molecule has 3 saturated heterocycles. The Labute approximate surface area is 146 Å². The standard InChI is InChI=1S/C19H31N5/c1-16-10-20-15-21-19(16)24-13-17-11-23(12-18(17)14-24)9-8-22-6-4-2-3-5-7-22/h10,15,17-18H,2-9,11-14H2,1H3. The number of hydrogen-bond donors (Lipinski definition) is 0. The van der Waals surface area contributed by atoms with E-state index in [1.54, 1.807) is 6.33 Å². The molecule has 0 N–H and O–H groups in total. The van der Waals surface area contributed by atoms with Gasteiger partial charge >= 0.3 is 0 Å². The molecule has 1 aromatic heterocycles. The molecule has 3 aliphatic rings. The van der Waals surface area contributed by atoms with Crippen molar-refractivity contribution in [3.8, 4) is 0 Å². The fourth-order valence-electron chi connectivity index (χ4n) is 4.81. The predicted molar refractivity (Wildman–Crippen MR) is 97.3 cm³/mol. The molecule has 0 saturated carbocycles. The normalized spacial score (nSPS) is 29.0. The number of hydrogen-bond acceptors (Lipinski definition) is 5. The van der Waals surface area contributed by atoms with Crippen LogP contribution < -0.4 is 4.90 Å². The number of likely N-dealkylation sites (tertiary alicyclic amines) is 2. The molecule has 4 heterocycles. The van der Waals surface area contributed by atoms with Gasteiger partial charge in [0.15, 0.2) is 0 Å². The molecule has 132 valence electrons. The zero-order chi connectivity index (χ0) is 16.4. The maximum atomic E-state index is 4.51. The van der Waals surface area contributed by atoms with Crippen LogP contribution in [-0.2, 0) is 0 Å². The second-order valence-corrected chi connectivity index (χ2v) is 7.97. The van der Waals surface area contributed by atoms with Gasteiger partial charge in [0, 0.05) is 51.0 Å². The first-order valence-electron chi connectivity index (χ1n) is 9.76. The molecule has 2 unspecified atom stereocenters.